The van der Waals surface area contributed by atoms with Gasteiger partial charge in [-0.25, -0.2) is 0 Å². The van der Waals surface area contributed by atoms with Gasteiger partial charge in [0.15, 0.2) is 0 Å². The van der Waals surface area contributed by atoms with Crippen LogP contribution in [0.3, 0.4) is 0 Å². The molecule has 1 aliphatic carbocycles. The molecule has 0 aromatic heterocycles. The number of β-amino-alcohol motifs (C(OH)–C–C–N with tert-alkyl or cyclic N) is 1. The molecule has 2 N–H and O–H groups in total. The maximum atomic E-state index is 12.4. The van der Waals surface area contributed by atoms with Gasteiger partial charge in [-0.2, -0.15) is 0 Å². The predicted molar refractivity (Wildman–Crippen MR) is 69.5 cm³/mol. The molecule has 0 bridgehead atoms. The molecule has 1 heterocycles. The minimum atomic E-state index is -0.863. The Hall–Kier alpha value is -1.10. The fraction of sp³-hybridized carbons (Fsp3) is 0.857. The summed E-state index contributed by atoms with van der Waals surface area (Å²) in [4.78, 5) is 25.2. The molecule has 1 amide bonds. The average molecular weight is 269 g/mol. The fourth-order valence-electron chi connectivity index (χ4n) is 3.09. The molecule has 5 nitrogen and oxygen atoms in total. The number of rotatable bonds is 3. The second kappa shape index (κ2) is 5.12. The van der Waals surface area contributed by atoms with Crippen molar-refractivity contribution in [2.75, 3.05) is 13.1 Å². The van der Waals surface area contributed by atoms with Gasteiger partial charge in [0.1, 0.15) is 5.60 Å². The molecule has 0 radical (unpaired) electrons. The SMILES string of the molecule is CC(C)C1(O)CN(C(=O)C2CCCCC2C(=O)O)C1. The molecule has 0 spiro atoms. The Kier molecular flexibility index (Phi) is 3.85. The number of likely N-dealkylation sites (tertiary alicyclic amines) is 1. The van der Waals surface area contributed by atoms with Crippen molar-refractivity contribution >= 4 is 11.9 Å². The van der Waals surface area contributed by atoms with E-state index in [2.05, 4.69) is 0 Å². The van der Waals surface area contributed by atoms with E-state index in [1.165, 1.54) is 0 Å². The van der Waals surface area contributed by atoms with Crippen molar-refractivity contribution in [1.29, 1.82) is 0 Å². The number of carboxylic acid groups (broad SMARTS) is 1. The van der Waals surface area contributed by atoms with Crippen molar-refractivity contribution < 1.29 is 19.8 Å². The molecule has 1 aliphatic heterocycles. The maximum absolute atomic E-state index is 12.4. The number of amides is 1. The van der Waals surface area contributed by atoms with E-state index in [9.17, 15) is 19.8 Å². The third-order valence-electron chi connectivity index (χ3n) is 4.72. The molecule has 1 saturated heterocycles. The van der Waals surface area contributed by atoms with Crippen LogP contribution in [0.5, 0.6) is 0 Å². The maximum Gasteiger partial charge on any atom is 0.307 e. The van der Waals surface area contributed by atoms with Crippen molar-refractivity contribution in [3.8, 4) is 0 Å². The van der Waals surface area contributed by atoms with E-state index in [1.54, 1.807) is 4.90 Å². The van der Waals surface area contributed by atoms with Gasteiger partial charge < -0.3 is 15.1 Å². The third-order valence-corrected chi connectivity index (χ3v) is 4.72. The zero-order valence-electron chi connectivity index (χ0n) is 11.6. The molecule has 2 aliphatic rings. The third kappa shape index (κ3) is 2.61. The van der Waals surface area contributed by atoms with Gasteiger partial charge in [0, 0.05) is 0 Å². The lowest BCUT2D eigenvalue weighted by Gasteiger charge is -2.50. The van der Waals surface area contributed by atoms with Crippen LogP contribution in [0, 0.1) is 17.8 Å². The summed E-state index contributed by atoms with van der Waals surface area (Å²) in [5, 5.41) is 19.4. The highest BCUT2D eigenvalue weighted by Gasteiger charge is 2.48. The normalized spacial score (nSPS) is 30.0. The Morgan fingerprint density at radius 2 is 1.68 bits per heavy atom. The molecule has 2 fully saturated rings. The van der Waals surface area contributed by atoms with Crippen LogP contribution < -0.4 is 0 Å². The van der Waals surface area contributed by atoms with Gasteiger partial charge >= 0.3 is 5.97 Å². The van der Waals surface area contributed by atoms with Crippen LogP contribution in [-0.2, 0) is 9.59 Å². The summed E-state index contributed by atoms with van der Waals surface area (Å²) in [6.07, 6.45) is 3.06. The number of aliphatic hydroxyl groups is 1. The topological polar surface area (TPSA) is 77.8 Å². The summed E-state index contributed by atoms with van der Waals surface area (Å²) in [5.74, 6) is -1.79. The van der Waals surface area contributed by atoms with Crippen LogP contribution in [0.15, 0.2) is 0 Å². The number of hydrogen-bond donors (Lipinski definition) is 2. The Balaban J connectivity index is 1.98. The average Bonchev–Trinajstić information content (AvgIpc) is 2.33. The number of aliphatic carboxylic acids is 1. The zero-order chi connectivity index (χ0) is 14.2. The summed E-state index contributed by atoms with van der Waals surface area (Å²) in [7, 11) is 0. The number of carboxylic acids is 1. The van der Waals surface area contributed by atoms with Gasteiger partial charge in [-0.3, -0.25) is 9.59 Å². The van der Waals surface area contributed by atoms with E-state index in [0.29, 0.717) is 25.9 Å². The minimum absolute atomic E-state index is 0.0857. The molecule has 0 aromatic carbocycles. The molecule has 2 unspecified atom stereocenters. The zero-order valence-corrected chi connectivity index (χ0v) is 11.6. The molecule has 108 valence electrons. The molecule has 2 atom stereocenters. The molecule has 1 saturated carbocycles. The van der Waals surface area contributed by atoms with Crippen LogP contribution in [0.1, 0.15) is 39.5 Å². The number of nitrogens with zero attached hydrogens (tertiary/aromatic N) is 1. The Morgan fingerprint density at radius 1 is 1.16 bits per heavy atom. The lowest BCUT2D eigenvalue weighted by molar-refractivity contribution is -0.173. The van der Waals surface area contributed by atoms with Crippen molar-refractivity contribution in [1.82, 2.24) is 4.90 Å². The lowest BCUT2D eigenvalue weighted by Crippen LogP contribution is -2.67. The van der Waals surface area contributed by atoms with E-state index < -0.39 is 23.4 Å². The standard InChI is InChI=1S/C14H23NO4/c1-9(2)14(19)7-15(8-14)12(16)10-5-3-4-6-11(10)13(17)18/h9-11,19H,3-8H2,1-2H3,(H,17,18). The summed E-state index contributed by atoms with van der Waals surface area (Å²) in [6, 6.07) is 0. The highest BCUT2D eigenvalue weighted by molar-refractivity contribution is 5.85. The first-order valence-electron chi connectivity index (χ1n) is 7.09. The van der Waals surface area contributed by atoms with Gasteiger partial charge in [-0.05, 0) is 18.8 Å². The lowest BCUT2D eigenvalue weighted by atomic mass is 9.76. The van der Waals surface area contributed by atoms with Crippen molar-refractivity contribution in [3.05, 3.63) is 0 Å². The second-order valence-corrected chi connectivity index (χ2v) is 6.29. The summed E-state index contributed by atoms with van der Waals surface area (Å²) < 4.78 is 0. The van der Waals surface area contributed by atoms with Crippen LogP contribution in [0.4, 0.5) is 0 Å². The van der Waals surface area contributed by atoms with Gasteiger partial charge in [0.2, 0.25) is 5.91 Å². The Morgan fingerprint density at radius 3 is 2.16 bits per heavy atom. The van der Waals surface area contributed by atoms with E-state index in [0.717, 1.165) is 12.8 Å². The molecule has 2 rings (SSSR count). The highest BCUT2D eigenvalue weighted by Crippen LogP contribution is 2.35. The minimum Gasteiger partial charge on any atom is -0.481 e. The molecular formula is C14H23NO4. The monoisotopic (exact) mass is 269 g/mol. The molecule has 0 aromatic rings. The smallest absolute Gasteiger partial charge is 0.307 e. The first-order valence-corrected chi connectivity index (χ1v) is 7.09. The molecule has 5 heteroatoms. The Bertz CT molecular complexity index is 374. The van der Waals surface area contributed by atoms with Gasteiger partial charge in [-0.15, -0.1) is 0 Å². The first-order chi connectivity index (χ1) is 8.85. The number of hydrogen-bond acceptors (Lipinski definition) is 3. The van der Waals surface area contributed by atoms with Gasteiger partial charge in [0.25, 0.3) is 0 Å². The van der Waals surface area contributed by atoms with E-state index in [1.807, 2.05) is 13.8 Å². The molecular weight excluding hydrogens is 246 g/mol. The van der Waals surface area contributed by atoms with E-state index in [4.69, 9.17) is 0 Å². The van der Waals surface area contributed by atoms with Crippen molar-refractivity contribution in [2.24, 2.45) is 17.8 Å². The van der Waals surface area contributed by atoms with Crippen LogP contribution in [-0.4, -0.2) is 45.7 Å². The van der Waals surface area contributed by atoms with Crippen molar-refractivity contribution in [3.63, 3.8) is 0 Å². The van der Waals surface area contributed by atoms with Crippen LogP contribution in [0.25, 0.3) is 0 Å². The first kappa shape index (κ1) is 14.3. The van der Waals surface area contributed by atoms with Gasteiger partial charge in [0.05, 0.1) is 24.9 Å². The predicted octanol–water partition coefficient (Wildman–Crippen LogP) is 1.11. The quantitative estimate of drug-likeness (QED) is 0.804. The van der Waals surface area contributed by atoms with Gasteiger partial charge in [-0.1, -0.05) is 26.7 Å². The number of carbonyl (C=O) groups excluding carboxylic acids is 1. The summed E-state index contributed by atoms with van der Waals surface area (Å²) >= 11 is 0. The molecule has 19 heavy (non-hydrogen) atoms. The highest BCUT2D eigenvalue weighted by atomic mass is 16.4. The van der Waals surface area contributed by atoms with E-state index >= 15 is 0 Å². The van der Waals surface area contributed by atoms with E-state index in [-0.39, 0.29) is 11.8 Å². The number of carbonyl (C=O) groups is 2. The van der Waals surface area contributed by atoms with Crippen LogP contribution >= 0.6 is 0 Å². The second-order valence-electron chi connectivity index (χ2n) is 6.29. The largest absolute Gasteiger partial charge is 0.481 e. The van der Waals surface area contributed by atoms with Crippen molar-refractivity contribution in [2.45, 2.75) is 45.1 Å². The Labute approximate surface area is 113 Å². The summed E-state index contributed by atoms with van der Waals surface area (Å²) in [5.41, 5.74) is -0.789. The van der Waals surface area contributed by atoms with Crippen LogP contribution in [0.2, 0.25) is 0 Å². The fourth-order valence-corrected chi connectivity index (χ4v) is 3.09. The summed E-state index contributed by atoms with van der Waals surface area (Å²) in [6.45, 7) is 4.55.